The van der Waals surface area contributed by atoms with E-state index in [4.69, 9.17) is 0 Å². The van der Waals surface area contributed by atoms with E-state index in [2.05, 4.69) is 10.6 Å². The molecule has 0 spiro atoms. The Labute approximate surface area is 125 Å². The minimum absolute atomic E-state index is 0.147. The van der Waals surface area contributed by atoms with Gasteiger partial charge in [-0.3, -0.25) is 4.79 Å². The van der Waals surface area contributed by atoms with Crippen molar-refractivity contribution in [3.8, 4) is 0 Å². The van der Waals surface area contributed by atoms with Gasteiger partial charge in [0.2, 0.25) is 0 Å². The lowest BCUT2D eigenvalue weighted by Gasteiger charge is -2.29. The molecular formula is C16H24FN3O. The Morgan fingerprint density at radius 2 is 2.00 bits per heavy atom. The quantitative estimate of drug-likeness (QED) is 0.874. The molecular weight excluding hydrogens is 269 g/mol. The van der Waals surface area contributed by atoms with E-state index < -0.39 is 0 Å². The van der Waals surface area contributed by atoms with E-state index in [1.807, 2.05) is 18.7 Å². The third-order valence-corrected chi connectivity index (χ3v) is 3.99. The molecule has 4 nitrogen and oxygen atoms in total. The maximum Gasteiger partial charge on any atom is 0.251 e. The highest BCUT2D eigenvalue weighted by Crippen LogP contribution is 2.21. The SMILES string of the molecule is CCC(CC)NC(=O)c1ccc(N2CCNCC2)c(F)c1. The highest BCUT2D eigenvalue weighted by Gasteiger charge is 2.17. The van der Waals surface area contributed by atoms with Gasteiger partial charge in [-0.05, 0) is 31.0 Å². The first-order valence-corrected chi connectivity index (χ1v) is 7.71. The van der Waals surface area contributed by atoms with Crippen LogP contribution in [0.1, 0.15) is 37.0 Å². The van der Waals surface area contributed by atoms with Crippen LogP contribution in [0.5, 0.6) is 0 Å². The third-order valence-electron chi connectivity index (χ3n) is 3.99. The molecule has 0 unspecified atom stereocenters. The number of nitrogens with zero attached hydrogens (tertiary/aromatic N) is 1. The molecule has 1 aromatic rings. The first-order valence-electron chi connectivity index (χ1n) is 7.71. The normalized spacial score (nSPS) is 15.3. The number of carbonyl (C=O) groups is 1. The van der Waals surface area contributed by atoms with Gasteiger partial charge >= 0.3 is 0 Å². The molecule has 21 heavy (non-hydrogen) atoms. The van der Waals surface area contributed by atoms with Crippen LogP contribution in [-0.4, -0.2) is 38.1 Å². The Bertz CT molecular complexity index is 482. The van der Waals surface area contributed by atoms with Gasteiger partial charge in [-0.1, -0.05) is 13.8 Å². The third kappa shape index (κ3) is 3.94. The second-order valence-corrected chi connectivity index (χ2v) is 5.39. The molecule has 1 saturated heterocycles. The molecule has 1 aliphatic heterocycles. The van der Waals surface area contributed by atoms with Gasteiger partial charge in [0.25, 0.3) is 5.91 Å². The second-order valence-electron chi connectivity index (χ2n) is 5.39. The van der Waals surface area contributed by atoms with Crippen molar-refractivity contribution in [2.45, 2.75) is 32.7 Å². The number of hydrogen-bond acceptors (Lipinski definition) is 3. The number of nitrogens with one attached hydrogen (secondary N) is 2. The van der Waals surface area contributed by atoms with Crippen molar-refractivity contribution in [1.82, 2.24) is 10.6 Å². The zero-order valence-corrected chi connectivity index (χ0v) is 12.8. The fraction of sp³-hybridized carbons (Fsp3) is 0.562. The van der Waals surface area contributed by atoms with Gasteiger partial charge < -0.3 is 15.5 Å². The Morgan fingerprint density at radius 3 is 2.57 bits per heavy atom. The summed E-state index contributed by atoms with van der Waals surface area (Å²) < 4.78 is 14.3. The van der Waals surface area contributed by atoms with Crippen molar-refractivity contribution in [1.29, 1.82) is 0 Å². The molecule has 116 valence electrons. The van der Waals surface area contributed by atoms with E-state index in [1.165, 1.54) is 6.07 Å². The number of benzene rings is 1. The summed E-state index contributed by atoms with van der Waals surface area (Å²) in [6, 6.07) is 4.91. The molecule has 0 aliphatic carbocycles. The van der Waals surface area contributed by atoms with Crippen molar-refractivity contribution < 1.29 is 9.18 Å². The molecule has 1 heterocycles. The predicted octanol–water partition coefficient (Wildman–Crippen LogP) is 2.15. The molecule has 0 bridgehead atoms. The van der Waals surface area contributed by atoms with E-state index in [9.17, 15) is 9.18 Å². The van der Waals surface area contributed by atoms with Crippen molar-refractivity contribution in [3.05, 3.63) is 29.6 Å². The van der Waals surface area contributed by atoms with Crippen LogP contribution >= 0.6 is 0 Å². The first-order chi connectivity index (χ1) is 10.2. The van der Waals surface area contributed by atoms with Crippen LogP contribution in [-0.2, 0) is 0 Å². The van der Waals surface area contributed by atoms with Crippen LogP contribution < -0.4 is 15.5 Å². The summed E-state index contributed by atoms with van der Waals surface area (Å²) >= 11 is 0. The van der Waals surface area contributed by atoms with Gasteiger partial charge in [-0.15, -0.1) is 0 Å². The van der Waals surface area contributed by atoms with Crippen molar-refractivity contribution in [2.24, 2.45) is 0 Å². The van der Waals surface area contributed by atoms with Crippen LogP contribution in [0.25, 0.3) is 0 Å². The smallest absolute Gasteiger partial charge is 0.251 e. The number of amides is 1. The standard InChI is InChI=1S/C16H24FN3O/c1-3-13(4-2)19-16(21)12-5-6-15(14(17)11-12)20-9-7-18-8-10-20/h5-6,11,13,18H,3-4,7-10H2,1-2H3,(H,19,21). The largest absolute Gasteiger partial charge is 0.367 e. The number of carbonyl (C=O) groups excluding carboxylic acids is 1. The number of piperazine rings is 1. The van der Waals surface area contributed by atoms with E-state index in [1.54, 1.807) is 12.1 Å². The lowest BCUT2D eigenvalue weighted by molar-refractivity contribution is 0.0934. The number of anilines is 1. The molecule has 0 atom stereocenters. The van der Waals surface area contributed by atoms with Gasteiger partial charge in [-0.2, -0.15) is 0 Å². The van der Waals surface area contributed by atoms with E-state index >= 15 is 0 Å². The molecule has 0 aromatic heterocycles. The maximum absolute atomic E-state index is 14.3. The Morgan fingerprint density at radius 1 is 1.33 bits per heavy atom. The lowest BCUT2D eigenvalue weighted by atomic mass is 10.1. The average molecular weight is 293 g/mol. The van der Waals surface area contributed by atoms with Crippen LogP contribution in [0.2, 0.25) is 0 Å². The summed E-state index contributed by atoms with van der Waals surface area (Å²) in [4.78, 5) is 14.1. The van der Waals surface area contributed by atoms with Gasteiger partial charge in [-0.25, -0.2) is 4.39 Å². The lowest BCUT2D eigenvalue weighted by Crippen LogP contribution is -2.43. The van der Waals surface area contributed by atoms with Crippen molar-refractivity contribution in [2.75, 3.05) is 31.1 Å². The van der Waals surface area contributed by atoms with E-state index in [0.717, 1.165) is 39.0 Å². The number of hydrogen-bond donors (Lipinski definition) is 2. The summed E-state index contributed by atoms with van der Waals surface area (Å²) in [5.74, 6) is -0.524. The molecule has 1 aliphatic rings. The molecule has 1 aromatic carbocycles. The van der Waals surface area contributed by atoms with Crippen LogP contribution in [0.4, 0.5) is 10.1 Å². The molecule has 2 rings (SSSR count). The van der Waals surface area contributed by atoms with Gasteiger partial charge in [0.1, 0.15) is 5.82 Å². The molecule has 0 saturated carbocycles. The van der Waals surface area contributed by atoms with Gasteiger partial charge in [0.15, 0.2) is 0 Å². The second kappa shape index (κ2) is 7.41. The van der Waals surface area contributed by atoms with Gasteiger partial charge in [0, 0.05) is 37.8 Å². The van der Waals surface area contributed by atoms with Gasteiger partial charge in [0.05, 0.1) is 5.69 Å². The minimum atomic E-state index is -0.325. The zero-order valence-electron chi connectivity index (χ0n) is 12.8. The highest BCUT2D eigenvalue weighted by molar-refractivity contribution is 5.94. The fourth-order valence-electron chi connectivity index (χ4n) is 2.57. The summed E-state index contributed by atoms with van der Waals surface area (Å²) in [7, 11) is 0. The summed E-state index contributed by atoms with van der Waals surface area (Å²) in [6.07, 6.45) is 1.76. The minimum Gasteiger partial charge on any atom is -0.367 e. The maximum atomic E-state index is 14.3. The zero-order chi connectivity index (χ0) is 15.2. The summed E-state index contributed by atoms with van der Waals surface area (Å²) in [5, 5.41) is 6.17. The monoisotopic (exact) mass is 293 g/mol. The number of rotatable bonds is 5. The molecule has 2 N–H and O–H groups in total. The van der Waals surface area contributed by atoms with Crippen LogP contribution in [0.3, 0.4) is 0 Å². The number of halogens is 1. The highest BCUT2D eigenvalue weighted by atomic mass is 19.1. The molecule has 1 fully saturated rings. The Hall–Kier alpha value is -1.62. The Balaban J connectivity index is 2.09. The predicted molar refractivity (Wildman–Crippen MR) is 83.3 cm³/mol. The summed E-state index contributed by atoms with van der Waals surface area (Å²) in [5.41, 5.74) is 0.967. The fourth-order valence-corrected chi connectivity index (χ4v) is 2.57. The summed E-state index contributed by atoms with van der Waals surface area (Å²) in [6.45, 7) is 7.35. The molecule has 0 radical (unpaired) electrons. The average Bonchev–Trinajstić information content (AvgIpc) is 2.53. The molecule has 5 heteroatoms. The Kier molecular flexibility index (Phi) is 5.56. The van der Waals surface area contributed by atoms with E-state index in [-0.39, 0.29) is 17.8 Å². The molecule has 1 amide bonds. The van der Waals surface area contributed by atoms with Crippen LogP contribution in [0, 0.1) is 5.82 Å². The van der Waals surface area contributed by atoms with Crippen LogP contribution in [0.15, 0.2) is 18.2 Å². The van der Waals surface area contributed by atoms with Crippen molar-refractivity contribution >= 4 is 11.6 Å². The van der Waals surface area contributed by atoms with Crippen molar-refractivity contribution in [3.63, 3.8) is 0 Å². The first kappa shape index (κ1) is 15.8. The topological polar surface area (TPSA) is 44.4 Å². The van der Waals surface area contributed by atoms with E-state index in [0.29, 0.717) is 11.3 Å².